The van der Waals surface area contributed by atoms with Crippen molar-refractivity contribution in [1.29, 1.82) is 0 Å². The van der Waals surface area contributed by atoms with E-state index in [4.69, 9.17) is 23.2 Å². The maximum absolute atomic E-state index is 12.3. The predicted octanol–water partition coefficient (Wildman–Crippen LogP) is 2.76. The zero-order chi connectivity index (χ0) is 15.0. The van der Waals surface area contributed by atoms with Crippen LogP contribution in [0.5, 0.6) is 0 Å². The molecule has 0 spiro atoms. The Morgan fingerprint density at radius 3 is 2.71 bits per heavy atom. The number of carbonyl (C=O) groups is 2. The minimum Gasteiger partial charge on any atom is -0.350 e. The van der Waals surface area contributed by atoms with Gasteiger partial charge in [-0.2, -0.15) is 0 Å². The first-order valence-corrected chi connectivity index (χ1v) is 7.84. The van der Waals surface area contributed by atoms with Crippen molar-refractivity contribution in [3.63, 3.8) is 0 Å². The Bertz CT molecular complexity index is 587. The van der Waals surface area contributed by atoms with E-state index in [2.05, 4.69) is 5.32 Å². The van der Waals surface area contributed by atoms with Crippen molar-refractivity contribution >= 4 is 35.0 Å². The molecule has 1 N–H and O–H groups in total. The van der Waals surface area contributed by atoms with Gasteiger partial charge in [-0.3, -0.25) is 9.59 Å². The van der Waals surface area contributed by atoms with E-state index < -0.39 is 0 Å². The Balaban J connectivity index is 1.62. The topological polar surface area (TPSA) is 49.4 Å². The van der Waals surface area contributed by atoms with Crippen LogP contribution in [0.2, 0.25) is 10.0 Å². The van der Waals surface area contributed by atoms with Gasteiger partial charge in [0.2, 0.25) is 11.8 Å². The Kier molecular flexibility index (Phi) is 4.09. The van der Waals surface area contributed by atoms with Gasteiger partial charge in [-0.05, 0) is 37.0 Å². The predicted molar refractivity (Wildman–Crippen MR) is 81.2 cm³/mol. The third-order valence-electron chi connectivity index (χ3n) is 3.97. The van der Waals surface area contributed by atoms with Gasteiger partial charge in [0, 0.05) is 29.1 Å². The molecule has 0 radical (unpaired) electrons. The lowest BCUT2D eigenvalue weighted by molar-refractivity contribution is -0.135. The quantitative estimate of drug-likeness (QED) is 0.924. The molecular formula is C15H16Cl2N2O2. The van der Waals surface area contributed by atoms with Crippen LogP contribution in [0.25, 0.3) is 0 Å². The van der Waals surface area contributed by atoms with E-state index in [0.717, 1.165) is 18.4 Å². The molecule has 3 rings (SSSR count). The monoisotopic (exact) mass is 326 g/mol. The van der Waals surface area contributed by atoms with Crippen LogP contribution in [0.15, 0.2) is 18.2 Å². The molecule has 2 amide bonds. The lowest BCUT2D eigenvalue weighted by Gasteiger charge is -2.23. The van der Waals surface area contributed by atoms with Crippen molar-refractivity contribution in [3.05, 3.63) is 33.8 Å². The first-order chi connectivity index (χ1) is 10.1. The summed E-state index contributed by atoms with van der Waals surface area (Å²) in [5.41, 5.74) is 0.816. The van der Waals surface area contributed by atoms with Crippen LogP contribution in [0.1, 0.15) is 31.2 Å². The molecule has 0 bridgehead atoms. The number of benzene rings is 1. The normalized spacial score (nSPS) is 21.7. The van der Waals surface area contributed by atoms with Crippen LogP contribution in [-0.4, -0.2) is 28.8 Å². The number of likely N-dealkylation sites (tertiary alicyclic amines) is 1. The maximum atomic E-state index is 12.3. The molecular weight excluding hydrogens is 311 g/mol. The summed E-state index contributed by atoms with van der Waals surface area (Å²) in [5, 5.41) is 3.97. The summed E-state index contributed by atoms with van der Waals surface area (Å²) in [6.07, 6.45) is 3.10. The lowest BCUT2D eigenvalue weighted by Crippen LogP contribution is -2.45. The van der Waals surface area contributed by atoms with Gasteiger partial charge in [-0.25, -0.2) is 0 Å². The van der Waals surface area contributed by atoms with E-state index in [1.54, 1.807) is 23.1 Å². The number of hydrogen-bond acceptors (Lipinski definition) is 2. The molecule has 1 unspecified atom stereocenters. The highest BCUT2D eigenvalue weighted by molar-refractivity contribution is 6.35. The van der Waals surface area contributed by atoms with Crippen LogP contribution in [0.3, 0.4) is 0 Å². The summed E-state index contributed by atoms with van der Waals surface area (Å²) < 4.78 is 0. The van der Waals surface area contributed by atoms with E-state index in [-0.39, 0.29) is 23.9 Å². The fourth-order valence-electron chi connectivity index (χ4n) is 2.74. The highest BCUT2D eigenvalue weighted by atomic mass is 35.5. The summed E-state index contributed by atoms with van der Waals surface area (Å²) >= 11 is 11.9. The molecule has 1 saturated heterocycles. The zero-order valence-electron chi connectivity index (χ0n) is 11.4. The first kappa shape index (κ1) is 14.7. The molecule has 1 aromatic rings. The minimum absolute atomic E-state index is 0.0984. The fraction of sp³-hybridized carbons (Fsp3) is 0.467. The average Bonchev–Trinajstić information content (AvgIpc) is 3.20. The standard InChI is InChI=1S/C15H16Cl2N2O2/c16-10-2-1-9(12(17)7-10)8-18-15(21)13-5-6-14(20)19(13)11-3-4-11/h1-2,7,11,13H,3-6,8H2,(H,18,21). The molecule has 1 aliphatic heterocycles. The van der Waals surface area contributed by atoms with E-state index >= 15 is 0 Å². The summed E-state index contributed by atoms with van der Waals surface area (Å²) in [7, 11) is 0. The molecule has 1 atom stereocenters. The van der Waals surface area contributed by atoms with Gasteiger partial charge < -0.3 is 10.2 Å². The van der Waals surface area contributed by atoms with Gasteiger partial charge in [0.15, 0.2) is 0 Å². The second-order valence-corrected chi connectivity index (χ2v) is 6.38. The van der Waals surface area contributed by atoms with E-state index in [1.807, 2.05) is 0 Å². The number of carbonyl (C=O) groups excluding carboxylic acids is 2. The SMILES string of the molecule is O=C(NCc1ccc(Cl)cc1Cl)C1CCC(=O)N1C1CC1. The smallest absolute Gasteiger partial charge is 0.243 e. The van der Waals surface area contributed by atoms with Crippen molar-refractivity contribution in [2.24, 2.45) is 0 Å². The molecule has 6 heteroatoms. The largest absolute Gasteiger partial charge is 0.350 e. The molecule has 1 heterocycles. The summed E-state index contributed by atoms with van der Waals surface area (Å²) in [5.74, 6) is 0.000872. The second kappa shape index (κ2) is 5.85. The van der Waals surface area contributed by atoms with E-state index in [9.17, 15) is 9.59 Å². The van der Waals surface area contributed by atoms with Crippen molar-refractivity contribution < 1.29 is 9.59 Å². The zero-order valence-corrected chi connectivity index (χ0v) is 13.0. The third kappa shape index (κ3) is 3.16. The van der Waals surface area contributed by atoms with Gasteiger partial charge >= 0.3 is 0 Å². The maximum Gasteiger partial charge on any atom is 0.243 e. The second-order valence-electron chi connectivity index (χ2n) is 5.54. The molecule has 21 heavy (non-hydrogen) atoms. The minimum atomic E-state index is -0.323. The van der Waals surface area contributed by atoms with Crippen LogP contribution in [-0.2, 0) is 16.1 Å². The highest BCUT2D eigenvalue weighted by Crippen LogP contribution is 2.34. The number of hydrogen-bond donors (Lipinski definition) is 1. The number of amides is 2. The number of nitrogens with zero attached hydrogens (tertiary/aromatic N) is 1. The summed E-state index contributed by atoms with van der Waals surface area (Å²) in [4.78, 5) is 25.9. The van der Waals surface area contributed by atoms with Crippen molar-refractivity contribution in [3.8, 4) is 0 Å². The highest BCUT2D eigenvalue weighted by Gasteiger charge is 2.44. The van der Waals surface area contributed by atoms with Gasteiger partial charge in [-0.1, -0.05) is 29.3 Å². The Labute approximate surface area is 133 Å². The van der Waals surface area contributed by atoms with Crippen LogP contribution < -0.4 is 5.32 Å². The number of rotatable bonds is 4. The molecule has 1 saturated carbocycles. The Morgan fingerprint density at radius 1 is 1.29 bits per heavy atom. The van der Waals surface area contributed by atoms with Crippen molar-refractivity contribution in [2.45, 2.75) is 44.3 Å². The lowest BCUT2D eigenvalue weighted by atomic mass is 10.2. The molecule has 1 aromatic carbocycles. The van der Waals surface area contributed by atoms with E-state index in [0.29, 0.717) is 29.4 Å². The molecule has 0 aromatic heterocycles. The molecule has 2 aliphatic rings. The van der Waals surface area contributed by atoms with E-state index in [1.165, 1.54) is 0 Å². The number of nitrogens with one attached hydrogen (secondary N) is 1. The van der Waals surface area contributed by atoms with Gasteiger partial charge in [0.1, 0.15) is 6.04 Å². The Hall–Kier alpha value is -1.26. The third-order valence-corrected chi connectivity index (χ3v) is 4.55. The average molecular weight is 327 g/mol. The molecule has 2 fully saturated rings. The number of halogens is 2. The molecule has 4 nitrogen and oxygen atoms in total. The fourth-order valence-corrected chi connectivity index (χ4v) is 3.21. The van der Waals surface area contributed by atoms with Crippen LogP contribution in [0.4, 0.5) is 0 Å². The van der Waals surface area contributed by atoms with Gasteiger partial charge in [0.05, 0.1) is 0 Å². The van der Waals surface area contributed by atoms with Gasteiger partial charge in [-0.15, -0.1) is 0 Å². The summed E-state index contributed by atoms with van der Waals surface area (Å²) in [6, 6.07) is 5.14. The molecule has 112 valence electrons. The van der Waals surface area contributed by atoms with Crippen molar-refractivity contribution in [1.82, 2.24) is 10.2 Å². The Morgan fingerprint density at radius 2 is 2.05 bits per heavy atom. The van der Waals surface area contributed by atoms with Crippen molar-refractivity contribution in [2.75, 3.05) is 0 Å². The summed E-state index contributed by atoms with van der Waals surface area (Å²) in [6.45, 7) is 0.345. The van der Waals surface area contributed by atoms with Gasteiger partial charge in [0.25, 0.3) is 0 Å². The molecule has 1 aliphatic carbocycles. The van der Waals surface area contributed by atoms with Crippen LogP contribution >= 0.6 is 23.2 Å². The first-order valence-electron chi connectivity index (χ1n) is 7.09. The van der Waals surface area contributed by atoms with Crippen LogP contribution in [0, 0.1) is 0 Å².